The molecule has 0 aliphatic rings. The van der Waals surface area contributed by atoms with Crippen LogP contribution in [0.2, 0.25) is 0 Å². The fourth-order valence-corrected chi connectivity index (χ4v) is 2.63. The zero-order valence-corrected chi connectivity index (χ0v) is 14.4. The Bertz CT molecular complexity index is 1060. The molecule has 0 aliphatic heterocycles. The summed E-state index contributed by atoms with van der Waals surface area (Å²) in [5, 5.41) is 11.0. The third-order valence-corrected chi connectivity index (χ3v) is 4.02. The number of nitrogens with zero attached hydrogens (tertiary/aromatic N) is 4. The first-order chi connectivity index (χ1) is 13.3. The molecule has 0 unspecified atom stereocenters. The lowest BCUT2D eigenvalue weighted by atomic mass is 10.2. The molecule has 0 saturated heterocycles. The highest BCUT2D eigenvalue weighted by atomic mass is 16.5. The van der Waals surface area contributed by atoms with Gasteiger partial charge in [0.2, 0.25) is 5.88 Å². The molecule has 1 amide bonds. The highest BCUT2D eigenvalue weighted by molar-refractivity contribution is 5.94. The highest BCUT2D eigenvalue weighted by Crippen LogP contribution is 2.12. The molecule has 7 heteroatoms. The minimum absolute atomic E-state index is 0.227. The van der Waals surface area contributed by atoms with Crippen LogP contribution < -0.4 is 10.1 Å². The van der Waals surface area contributed by atoms with E-state index in [4.69, 9.17) is 4.74 Å². The molecule has 4 rings (SSSR count). The van der Waals surface area contributed by atoms with Gasteiger partial charge in [-0.15, -0.1) is 10.2 Å². The van der Waals surface area contributed by atoms with Gasteiger partial charge in [0.05, 0.1) is 6.54 Å². The molecule has 27 heavy (non-hydrogen) atoms. The zero-order valence-electron chi connectivity index (χ0n) is 14.4. The Balaban J connectivity index is 1.40. The summed E-state index contributed by atoms with van der Waals surface area (Å²) in [6.45, 7) is 0.664. The first kappa shape index (κ1) is 16.7. The molecule has 3 heterocycles. The van der Waals surface area contributed by atoms with Crippen molar-refractivity contribution in [1.82, 2.24) is 24.9 Å². The van der Waals surface area contributed by atoms with Crippen LogP contribution in [-0.4, -0.2) is 25.5 Å². The minimum Gasteiger partial charge on any atom is -0.473 e. The molecule has 0 atom stereocenters. The number of aromatic nitrogens is 4. The molecule has 7 nitrogen and oxygen atoms in total. The molecule has 1 N–H and O–H groups in total. The Morgan fingerprint density at radius 3 is 2.78 bits per heavy atom. The van der Waals surface area contributed by atoms with Crippen molar-refractivity contribution in [1.29, 1.82) is 0 Å². The number of benzene rings is 1. The summed E-state index contributed by atoms with van der Waals surface area (Å²) in [6, 6.07) is 18.7. The van der Waals surface area contributed by atoms with Crippen LogP contribution in [0.5, 0.6) is 5.88 Å². The van der Waals surface area contributed by atoms with Crippen molar-refractivity contribution in [2.45, 2.75) is 13.2 Å². The van der Waals surface area contributed by atoms with Crippen LogP contribution in [0.25, 0.3) is 5.65 Å². The number of hydrogen-bond donors (Lipinski definition) is 1. The number of amides is 1. The van der Waals surface area contributed by atoms with Gasteiger partial charge in [-0.25, -0.2) is 4.98 Å². The van der Waals surface area contributed by atoms with Gasteiger partial charge in [-0.1, -0.05) is 36.4 Å². The molecule has 0 spiro atoms. The zero-order chi connectivity index (χ0) is 18.5. The normalized spacial score (nSPS) is 10.7. The molecule has 0 saturated carbocycles. The summed E-state index contributed by atoms with van der Waals surface area (Å²) >= 11 is 0. The quantitative estimate of drug-likeness (QED) is 0.572. The minimum atomic E-state index is -0.227. The van der Waals surface area contributed by atoms with Crippen molar-refractivity contribution in [3.05, 3.63) is 90.0 Å². The van der Waals surface area contributed by atoms with Crippen molar-refractivity contribution in [2.24, 2.45) is 0 Å². The summed E-state index contributed by atoms with van der Waals surface area (Å²) in [6.07, 6.45) is 3.42. The number of fused-ring (bicyclic) bond motifs is 1. The second kappa shape index (κ2) is 7.65. The second-order valence-corrected chi connectivity index (χ2v) is 5.88. The molecule has 0 radical (unpaired) electrons. The molecule has 0 aliphatic carbocycles. The van der Waals surface area contributed by atoms with Crippen molar-refractivity contribution in [3.63, 3.8) is 0 Å². The number of carbonyl (C=O) groups excluding carboxylic acids is 1. The first-order valence-corrected chi connectivity index (χ1v) is 8.49. The van der Waals surface area contributed by atoms with Gasteiger partial charge >= 0.3 is 0 Å². The van der Waals surface area contributed by atoms with E-state index in [9.17, 15) is 4.79 Å². The van der Waals surface area contributed by atoms with E-state index in [0.29, 0.717) is 23.9 Å². The fourth-order valence-electron chi connectivity index (χ4n) is 2.63. The number of rotatable bonds is 6. The summed E-state index contributed by atoms with van der Waals surface area (Å²) in [7, 11) is 0. The summed E-state index contributed by atoms with van der Waals surface area (Å²) in [5.41, 5.74) is 2.25. The lowest BCUT2D eigenvalue weighted by molar-refractivity contribution is 0.0949. The van der Waals surface area contributed by atoms with E-state index in [1.165, 1.54) is 0 Å². The first-order valence-electron chi connectivity index (χ1n) is 8.49. The van der Waals surface area contributed by atoms with E-state index in [2.05, 4.69) is 20.5 Å². The molecule has 4 aromatic rings. The Kier molecular flexibility index (Phi) is 4.74. The Morgan fingerprint density at radius 2 is 1.89 bits per heavy atom. The van der Waals surface area contributed by atoms with Gasteiger partial charge in [0.15, 0.2) is 11.5 Å². The van der Waals surface area contributed by atoms with Gasteiger partial charge < -0.3 is 10.1 Å². The Hall–Kier alpha value is -3.74. The fraction of sp³-hybridized carbons (Fsp3) is 0.100. The summed E-state index contributed by atoms with van der Waals surface area (Å²) < 4.78 is 7.51. The predicted octanol–water partition coefficient (Wildman–Crippen LogP) is 2.63. The maximum atomic E-state index is 12.5. The van der Waals surface area contributed by atoms with Gasteiger partial charge in [0, 0.05) is 24.0 Å². The number of carbonyl (C=O) groups is 1. The molecule has 0 fully saturated rings. The van der Waals surface area contributed by atoms with Crippen LogP contribution in [0, 0.1) is 0 Å². The molecule has 134 valence electrons. The van der Waals surface area contributed by atoms with E-state index < -0.39 is 0 Å². The van der Waals surface area contributed by atoms with Gasteiger partial charge in [0.25, 0.3) is 5.91 Å². The number of pyridine rings is 2. The van der Waals surface area contributed by atoms with Crippen LogP contribution in [0.1, 0.15) is 21.7 Å². The molecule has 0 bridgehead atoms. The average Bonchev–Trinajstić information content (AvgIpc) is 3.15. The third-order valence-electron chi connectivity index (χ3n) is 4.02. The van der Waals surface area contributed by atoms with Crippen molar-refractivity contribution in [3.8, 4) is 5.88 Å². The molecular weight excluding hydrogens is 342 g/mol. The SMILES string of the molecule is O=C(NCc1nnc2ccccn12)c1ccnc(OCc2ccccc2)c1. The average molecular weight is 359 g/mol. The van der Waals surface area contributed by atoms with Crippen LogP contribution in [0.15, 0.2) is 73.1 Å². The largest absolute Gasteiger partial charge is 0.473 e. The second-order valence-electron chi connectivity index (χ2n) is 5.88. The van der Waals surface area contributed by atoms with Gasteiger partial charge in [-0.2, -0.15) is 0 Å². The van der Waals surface area contributed by atoms with E-state index >= 15 is 0 Å². The summed E-state index contributed by atoms with van der Waals surface area (Å²) in [4.78, 5) is 16.6. The van der Waals surface area contributed by atoms with Crippen LogP contribution in [-0.2, 0) is 13.2 Å². The molecule has 1 aromatic carbocycles. The standard InChI is InChI=1S/C20H17N5O2/c26-20(22-13-18-24-23-17-8-4-5-11-25(17)18)16-9-10-21-19(12-16)27-14-15-6-2-1-3-7-15/h1-12H,13-14H2,(H,22,26). The predicted molar refractivity (Wildman–Crippen MR) is 99.2 cm³/mol. The lowest BCUT2D eigenvalue weighted by Crippen LogP contribution is -2.24. The topological polar surface area (TPSA) is 81.4 Å². The van der Waals surface area contributed by atoms with Gasteiger partial charge in [0.1, 0.15) is 6.61 Å². The Morgan fingerprint density at radius 1 is 1.04 bits per heavy atom. The van der Waals surface area contributed by atoms with E-state index in [1.54, 1.807) is 18.3 Å². The number of hydrogen-bond acceptors (Lipinski definition) is 5. The number of nitrogens with one attached hydrogen (secondary N) is 1. The van der Waals surface area contributed by atoms with Crippen LogP contribution in [0.4, 0.5) is 0 Å². The Labute approximate surface area is 155 Å². The van der Waals surface area contributed by atoms with E-state index in [1.807, 2.05) is 59.1 Å². The molecular formula is C20H17N5O2. The lowest BCUT2D eigenvalue weighted by Gasteiger charge is -2.08. The van der Waals surface area contributed by atoms with Gasteiger partial charge in [-0.3, -0.25) is 9.20 Å². The van der Waals surface area contributed by atoms with Crippen LogP contribution in [0.3, 0.4) is 0 Å². The van der Waals surface area contributed by atoms with Crippen molar-refractivity contribution < 1.29 is 9.53 Å². The monoisotopic (exact) mass is 359 g/mol. The maximum absolute atomic E-state index is 12.5. The highest BCUT2D eigenvalue weighted by Gasteiger charge is 2.10. The van der Waals surface area contributed by atoms with E-state index in [0.717, 1.165) is 11.2 Å². The third kappa shape index (κ3) is 3.92. The van der Waals surface area contributed by atoms with Crippen molar-refractivity contribution >= 4 is 11.6 Å². The van der Waals surface area contributed by atoms with Crippen LogP contribution >= 0.6 is 0 Å². The molecule has 3 aromatic heterocycles. The summed E-state index contributed by atoms with van der Waals surface area (Å²) in [5.74, 6) is 0.836. The number of ether oxygens (including phenoxy) is 1. The van der Waals surface area contributed by atoms with Crippen molar-refractivity contribution in [2.75, 3.05) is 0 Å². The maximum Gasteiger partial charge on any atom is 0.251 e. The smallest absolute Gasteiger partial charge is 0.251 e. The van der Waals surface area contributed by atoms with Gasteiger partial charge in [-0.05, 0) is 23.8 Å². The van der Waals surface area contributed by atoms with E-state index in [-0.39, 0.29) is 12.5 Å².